The molecule has 1 aliphatic carbocycles. The van der Waals surface area contributed by atoms with E-state index in [2.05, 4.69) is 29.6 Å². The van der Waals surface area contributed by atoms with Crippen molar-refractivity contribution in [2.45, 2.75) is 38.1 Å². The molecule has 1 aromatic rings. The van der Waals surface area contributed by atoms with Crippen LogP contribution in [-0.2, 0) is 0 Å². The summed E-state index contributed by atoms with van der Waals surface area (Å²) in [6.45, 7) is 1.83. The van der Waals surface area contributed by atoms with Crippen LogP contribution in [0, 0.1) is 5.92 Å². The average molecular weight is 258 g/mol. The average Bonchev–Trinajstić information content (AvgIpc) is 2.91. The molecule has 0 radical (unpaired) electrons. The number of hydrogen-bond donors (Lipinski definition) is 1. The highest BCUT2D eigenvalue weighted by Crippen LogP contribution is 2.37. The summed E-state index contributed by atoms with van der Waals surface area (Å²) in [6, 6.07) is 10.7. The molecule has 0 bridgehead atoms. The SMILES string of the molecule is O=C(NC(c1ccccc1)C1CCC1)N1CCCC1. The Morgan fingerprint density at radius 3 is 2.37 bits per heavy atom. The van der Waals surface area contributed by atoms with Crippen LogP contribution in [0.4, 0.5) is 4.79 Å². The summed E-state index contributed by atoms with van der Waals surface area (Å²) in [4.78, 5) is 14.2. The second-order valence-corrected chi connectivity index (χ2v) is 5.72. The number of carbonyl (C=O) groups is 1. The van der Waals surface area contributed by atoms with Crippen LogP contribution in [0.2, 0.25) is 0 Å². The number of nitrogens with one attached hydrogen (secondary N) is 1. The number of carbonyl (C=O) groups excluding carboxylic acids is 1. The first kappa shape index (κ1) is 12.5. The summed E-state index contributed by atoms with van der Waals surface area (Å²) in [6.07, 6.45) is 6.06. The summed E-state index contributed by atoms with van der Waals surface area (Å²) in [5.41, 5.74) is 1.25. The quantitative estimate of drug-likeness (QED) is 0.886. The fourth-order valence-corrected chi connectivity index (χ4v) is 3.05. The van der Waals surface area contributed by atoms with Gasteiger partial charge < -0.3 is 10.2 Å². The minimum absolute atomic E-state index is 0.123. The Morgan fingerprint density at radius 1 is 1.11 bits per heavy atom. The lowest BCUT2D eigenvalue weighted by Crippen LogP contribution is -2.43. The van der Waals surface area contributed by atoms with Crippen molar-refractivity contribution in [1.82, 2.24) is 10.2 Å². The Hall–Kier alpha value is -1.51. The molecular weight excluding hydrogens is 236 g/mol. The summed E-state index contributed by atoms with van der Waals surface area (Å²) >= 11 is 0. The van der Waals surface area contributed by atoms with E-state index in [-0.39, 0.29) is 12.1 Å². The van der Waals surface area contributed by atoms with Crippen molar-refractivity contribution in [2.75, 3.05) is 13.1 Å². The maximum atomic E-state index is 12.3. The molecular formula is C16H22N2O. The molecule has 1 unspecified atom stereocenters. The Kier molecular flexibility index (Phi) is 3.72. The van der Waals surface area contributed by atoms with Gasteiger partial charge in [0.25, 0.3) is 0 Å². The van der Waals surface area contributed by atoms with E-state index in [1.807, 2.05) is 11.0 Å². The minimum atomic E-state index is 0.123. The third-order valence-electron chi connectivity index (χ3n) is 4.45. The van der Waals surface area contributed by atoms with Crippen molar-refractivity contribution in [1.29, 1.82) is 0 Å². The monoisotopic (exact) mass is 258 g/mol. The highest BCUT2D eigenvalue weighted by Gasteiger charge is 2.31. The molecule has 2 aliphatic rings. The minimum Gasteiger partial charge on any atom is -0.331 e. The Balaban J connectivity index is 1.70. The number of hydrogen-bond acceptors (Lipinski definition) is 1. The molecule has 1 saturated heterocycles. The molecule has 3 nitrogen and oxygen atoms in total. The van der Waals surface area contributed by atoms with Gasteiger partial charge in [0.05, 0.1) is 6.04 Å². The van der Waals surface area contributed by atoms with Crippen molar-refractivity contribution in [3.8, 4) is 0 Å². The van der Waals surface area contributed by atoms with Crippen molar-refractivity contribution in [3.63, 3.8) is 0 Å². The van der Waals surface area contributed by atoms with E-state index in [9.17, 15) is 4.79 Å². The number of benzene rings is 1. The van der Waals surface area contributed by atoms with Gasteiger partial charge >= 0.3 is 6.03 Å². The predicted octanol–water partition coefficient (Wildman–Crippen LogP) is 3.33. The zero-order valence-corrected chi connectivity index (χ0v) is 11.3. The lowest BCUT2D eigenvalue weighted by atomic mass is 9.77. The van der Waals surface area contributed by atoms with Crippen LogP contribution in [0.1, 0.15) is 43.7 Å². The van der Waals surface area contributed by atoms with Gasteiger partial charge in [0.15, 0.2) is 0 Å². The van der Waals surface area contributed by atoms with Crippen molar-refractivity contribution in [2.24, 2.45) is 5.92 Å². The zero-order valence-electron chi connectivity index (χ0n) is 11.3. The van der Waals surface area contributed by atoms with Crippen LogP contribution < -0.4 is 5.32 Å². The van der Waals surface area contributed by atoms with Gasteiger partial charge in [-0.3, -0.25) is 0 Å². The molecule has 0 spiro atoms. The molecule has 19 heavy (non-hydrogen) atoms. The Labute approximate surface area is 115 Å². The van der Waals surface area contributed by atoms with Crippen LogP contribution in [-0.4, -0.2) is 24.0 Å². The number of nitrogens with zero attached hydrogens (tertiary/aromatic N) is 1. The van der Waals surface area contributed by atoms with E-state index in [0.717, 1.165) is 25.9 Å². The van der Waals surface area contributed by atoms with Crippen LogP contribution in [0.5, 0.6) is 0 Å². The Bertz CT molecular complexity index is 422. The van der Waals surface area contributed by atoms with Crippen molar-refractivity contribution >= 4 is 6.03 Å². The van der Waals surface area contributed by atoms with E-state index < -0.39 is 0 Å². The number of urea groups is 1. The number of likely N-dealkylation sites (tertiary alicyclic amines) is 1. The summed E-state index contributed by atoms with van der Waals surface area (Å²) in [5, 5.41) is 3.26. The summed E-state index contributed by atoms with van der Waals surface area (Å²) in [5.74, 6) is 0.619. The summed E-state index contributed by atoms with van der Waals surface area (Å²) < 4.78 is 0. The van der Waals surface area contributed by atoms with Gasteiger partial charge in [0.1, 0.15) is 0 Å². The topological polar surface area (TPSA) is 32.3 Å². The Morgan fingerprint density at radius 2 is 1.79 bits per heavy atom. The van der Waals surface area contributed by atoms with Gasteiger partial charge in [-0.1, -0.05) is 36.8 Å². The van der Waals surface area contributed by atoms with Gasteiger partial charge in [0.2, 0.25) is 0 Å². The highest BCUT2D eigenvalue weighted by atomic mass is 16.2. The van der Waals surface area contributed by atoms with E-state index in [1.165, 1.54) is 24.8 Å². The number of amides is 2. The molecule has 1 atom stereocenters. The van der Waals surface area contributed by atoms with Gasteiger partial charge in [-0.05, 0) is 37.2 Å². The molecule has 1 heterocycles. The zero-order chi connectivity index (χ0) is 13.1. The molecule has 2 fully saturated rings. The number of rotatable bonds is 3. The smallest absolute Gasteiger partial charge is 0.317 e. The normalized spacial score (nSPS) is 20.9. The largest absolute Gasteiger partial charge is 0.331 e. The van der Waals surface area contributed by atoms with E-state index >= 15 is 0 Å². The van der Waals surface area contributed by atoms with Gasteiger partial charge in [-0.15, -0.1) is 0 Å². The van der Waals surface area contributed by atoms with Crippen molar-refractivity contribution in [3.05, 3.63) is 35.9 Å². The third-order valence-corrected chi connectivity index (χ3v) is 4.45. The summed E-state index contributed by atoms with van der Waals surface area (Å²) in [7, 11) is 0. The van der Waals surface area contributed by atoms with Crippen LogP contribution in [0.3, 0.4) is 0 Å². The van der Waals surface area contributed by atoms with E-state index in [1.54, 1.807) is 0 Å². The van der Waals surface area contributed by atoms with Gasteiger partial charge in [-0.2, -0.15) is 0 Å². The third kappa shape index (κ3) is 2.75. The molecule has 1 aliphatic heterocycles. The van der Waals surface area contributed by atoms with Gasteiger partial charge in [-0.25, -0.2) is 4.79 Å². The molecule has 1 aromatic carbocycles. The van der Waals surface area contributed by atoms with Crippen LogP contribution in [0.25, 0.3) is 0 Å². The molecule has 1 saturated carbocycles. The molecule has 2 amide bonds. The van der Waals surface area contributed by atoms with Crippen LogP contribution in [0.15, 0.2) is 30.3 Å². The van der Waals surface area contributed by atoms with Crippen LogP contribution >= 0.6 is 0 Å². The maximum absolute atomic E-state index is 12.3. The predicted molar refractivity (Wildman–Crippen MR) is 75.9 cm³/mol. The van der Waals surface area contributed by atoms with Crippen molar-refractivity contribution < 1.29 is 4.79 Å². The molecule has 102 valence electrons. The first-order valence-electron chi connectivity index (χ1n) is 7.45. The maximum Gasteiger partial charge on any atom is 0.317 e. The molecule has 3 rings (SSSR count). The molecule has 1 N–H and O–H groups in total. The molecule has 3 heteroatoms. The second-order valence-electron chi connectivity index (χ2n) is 5.72. The van der Waals surface area contributed by atoms with E-state index in [4.69, 9.17) is 0 Å². The second kappa shape index (κ2) is 5.64. The first-order chi connectivity index (χ1) is 9.34. The highest BCUT2D eigenvalue weighted by molar-refractivity contribution is 5.75. The fraction of sp³-hybridized carbons (Fsp3) is 0.562. The first-order valence-corrected chi connectivity index (χ1v) is 7.45. The lowest BCUT2D eigenvalue weighted by molar-refractivity contribution is 0.183. The van der Waals surface area contributed by atoms with Gasteiger partial charge in [0, 0.05) is 13.1 Å². The molecule has 0 aromatic heterocycles. The standard InChI is InChI=1S/C16H22N2O/c19-16(18-11-4-5-12-18)17-15(14-9-6-10-14)13-7-2-1-3-8-13/h1-3,7-8,14-15H,4-6,9-12H2,(H,17,19). The van der Waals surface area contributed by atoms with E-state index in [0.29, 0.717) is 5.92 Å². The lowest BCUT2D eigenvalue weighted by Gasteiger charge is -2.35. The fourth-order valence-electron chi connectivity index (χ4n) is 3.05.